The van der Waals surface area contributed by atoms with E-state index in [0.29, 0.717) is 6.61 Å². The number of rotatable bonds is 47. The zero-order valence-corrected chi connectivity index (χ0v) is 40.5. The molecule has 360 valence electrons. The SMILES string of the molecule is CC/C=C\C/C=C\C/C=C\C/C=C\CCCCCCCCCCCOCC(COP(=O)(O)OCC(O)CO)OC(=O)CCCCCCCCCCC/C=C\C/C=C\CCCCC. The maximum Gasteiger partial charge on any atom is 0.472 e. The van der Waals surface area contributed by atoms with Crippen LogP contribution in [0.3, 0.4) is 0 Å². The summed E-state index contributed by atoms with van der Waals surface area (Å²) in [5.74, 6) is -0.390. The number of hydrogen-bond donors (Lipinski definition) is 3. The Balaban J connectivity index is 4.12. The Morgan fingerprint density at radius 1 is 0.516 bits per heavy atom. The van der Waals surface area contributed by atoms with Crippen LogP contribution in [0.25, 0.3) is 0 Å². The zero-order chi connectivity index (χ0) is 45.3. The summed E-state index contributed by atoms with van der Waals surface area (Å²) in [5, 5.41) is 18.4. The Hall–Kier alpha value is -2.10. The Kier molecular flexibility index (Phi) is 46.7. The minimum Gasteiger partial charge on any atom is -0.457 e. The van der Waals surface area contributed by atoms with Crippen LogP contribution in [0.2, 0.25) is 0 Å². The van der Waals surface area contributed by atoms with Crippen LogP contribution in [0, 0.1) is 0 Å². The number of unbranched alkanes of at least 4 members (excludes halogenated alkanes) is 21. The number of esters is 1. The highest BCUT2D eigenvalue weighted by molar-refractivity contribution is 7.47. The molecule has 0 aromatic rings. The molecule has 0 fully saturated rings. The van der Waals surface area contributed by atoms with Gasteiger partial charge in [-0.25, -0.2) is 4.57 Å². The fraction of sp³-hybridized carbons (Fsp3) is 0.750. The van der Waals surface area contributed by atoms with Crippen molar-refractivity contribution in [2.24, 2.45) is 0 Å². The summed E-state index contributed by atoms with van der Waals surface area (Å²) in [4.78, 5) is 22.7. The lowest BCUT2D eigenvalue weighted by Crippen LogP contribution is -2.29. The lowest BCUT2D eigenvalue weighted by molar-refractivity contribution is -0.154. The topological polar surface area (TPSA) is 132 Å². The summed E-state index contributed by atoms with van der Waals surface area (Å²) in [6.45, 7) is 3.37. The van der Waals surface area contributed by atoms with Crippen LogP contribution in [0.1, 0.15) is 206 Å². The number of ether oxygens (including phenoxy) is 2. The third-order valence-corrected chi connectivity index (χ3v) is 11.3. The number of aliphatic hydroxyl groups is 2. The first-order valence-corrected chi connectivity index (χ1v) is 26.4. The van der Waals surface area contributed by atoms with E-state index in [-0.39, 0.29) is 19.6 Å². The lowest BCUT2D eigenvalue weighted by Gasteiger charge is -2.20. The normalized spacial score (nSPS) is 14.5. The molecule has 0 aromatic heterocycles. The summed E-state index contributed by atoms with van der Waals surface area (Å²) in [6, 6.07) is 0. The van der Waals surface area contributed by atoms with Crippen molar-refractivity contribution in [3.05, 3.63) is 72.9 Å². The van der Waals surface area contributed by atoms with E-state index < -0.39 is 39.2 Å². The Labute approximate surface area is 380 Å². The number of aliphatic hydroxyl groups excluding tert-OH is 2. The molecule has 0 bridgehead atoms. The number of carbonyl (C=O) groups is 1. The highest BCUT2D eigenvalue weighted by Crippen LogP contribution is 2.43. The molecular weight excluding hydrogens is 800 g/mol. The van der Waals surface area contributed by atoms with Gasteiger partial charge < -0.3 is 24.6 Å². The van der Waals surface area contributed by atoms with Gasteiger partial charge in [-0.3, -0.25) is 13.8 Å². The van der Waals surface area contributed by atoms with Gasteiger partial charge in [0, 0.05) is 13.0 Å². The van der Waals surface area contributed by atoms with Gasteiger partial charge in [0.1, 0.15) is 12.2 Å². The van der Waals surface area contributed by atoms with Crippen LogP contribution in [0.15, 0.2) is 72.9 Å². The average Bonchev–Trinajstić information content (AvgIpc) is 3.26. The fourth-order valence-corrected chi connectivity index (χ4v) is 7.40. The highest BCUT2D eigenvalue weighted by atomic mass is 31.2. The minimum atomic E-state index is -4.53. The molecule has 62 heavy (non-hydrogen) atoms. The first-order valence-electron chi connectivity index (χ1n) is 24.9. The molecule has 0 spiro atoms. The van der Waals surface area contributed by atoms with Crippen molar-refractivity contribution in [2.45, 2.75) is 219 Å². The van der Waals surface area contributed by atoms with Gasteiger partial charge >= 0.3 is 13.8 Å². The predicted octanol–water partition coefficient (Wildman–Crippen LogP) is 14.5. The van der Waals surface area contributed by atoms with Crippen molar-refractivity contribution in [1.82, 2.24) is 0 Å². The first-order chi connectivity index (χ1) is 30.3. The smallest absolute Gasteiger partial charge is 0.457 e. The van der Waals surface area contributed by atoms with Gasteiger partial charge in [-0.2, -0.15) is 0 Å². The first kappa shape index (κ1) is 59.9. The zero-order valence-electron chi connectivity index (χ0n) is 39.6. The van der Waals surface area contributed by atoms with E-state index in [1.165, 1.54) is 96.3 Å². The molecule has 3 N–H and O–H groups in total. The van der Waals surface area contributed by atoms with Crippen LogP contribution in [0.5, 0.6) is 0 Å². The fourth-order valence-electron chi connectivity index (χ4n) is 6.61. The van der Waals surface area contributed by atoms with Crippen molar-refractivity contribution in [1.29, 1.82) is 0 Å². The van der Waals surface area contributed by atoms with E-state index >= 15 is 0 Å². The quantitative estimate of drug-likeness (QED) is 0.0236. The standard InChI is InChI=1S/C52H93O9P/c1-3-5-7-9-11-13-15-17-19-21-23-24-25-27-29-31-33-35-37-39-41-43-45-58-48-51(49-60-62(56,57)59-47-50(54)46-53)61-52(55)44-42-40-38-36-34-32-30-28-26-22-20-18-16-14-12-10-8-6-4-2/h5,7,11-14,17-20,23-24,50-51,53-54H,3-4,6,8-10,15-16,21-22,25-49H2,1-2H3,(H,56,57)/b7-5-,13-11-,14-12-,19-17-,20-18-,24-23-. The number of phosphoric ester groups is 1. The van der Waals surface area contributed by atoms with Crippen molar-refractivity contribution < 1.29 is 43.0 Å². The molecule has 0 amide bonds. The monoisotopic (exact) mass is 893 g/mol. The van der Waals surface area contributed by atoms with E-state index in [1.807, 2.05) is 0 Å². The van der Waals surface area contributed by atoms with Crippen molar-refractivity contribution in [2.75, 3.05) is 33.0 Å². The van der Waals surface area contributed by atoms with Gasteiger partial charge in [0.25, 0.3) is 0 Å². The molecule has 0 saturated carbocycles. The molecule has 9 nitrogen and oxygen atoms in total. The molecule has 10 heteroatoms. The maximum absolute atomic E-state index is 12.7. The van der Waals surface area contributed by atoms with Crippen LogP contribution in [-0.4, -0.2) is 66.3 Å². The summed E-state index contributed by atoms with van der Waals surface area (Å²) in [6.07, 6.45) is 58.6. The Bertz CT molecular complexity index is 1190. The number of hydrogen-bond acceptors (Lipinski definition) is 8. The van der Waals surface area contributed by atoms with Crippen LogP contribution < -0.4 is 0 Å². The Morgan fingerprint density at radius 2 is 0.919 bits per heavy atom. The second-order valence-corrected chi connectivity index (χ2v) is 17.9. The molecule has 0 radical (unpaired) electrons. The van der Waals surface area contributed by atoms with Crippen LogP contribution >= 0.6 is 7.82 Å². The van der Waals surface area contributed by atoms with Crippen LogP contribution in [0.4, 0.5) is 0 Å². The molecular formula is C52H93O9P. The third kappa shape index (κ3) is 47.4. The van der Waals surface area contributed by atoms with Gasteiger partial charge in [-0.05, 0) is 83.5 Å². The lowest BCUT2D eigenvalue weighted by atomic mass is 10.1. The van der Waals surface area contributed by atoms with Gasteiger partial charge in [0.15, 0.2) is 0 Å². The number of carbonyl (C=O) groups excluding carboxylic acids is 1. The van der Waals surface area contributed by atoms with Gasteiger partial charge in [0.05, 0.1) is 26.4 Å². The third-order valence-electron chi connectivity index (χ3n) is 10.4. The molecule has 0 aliphatic rings. The molecule has 0 rings (SSSR count). The average molecular weight is 893 g/mol. The number of allylic oxidation sites excluding steroid dienone is 12. The molecule has 3 unspecified atom stereocenters. The van der Waals surface area contributed by atoms with E-state index in [9.17, 15) is 19.4 Å². The molecule has 0 heterocycles. The van der Waals surface area contributed by atoms with E-state index in [2.05, 4.69) is 86.8 Å². The number of phosphoric acid groups is 1. The van der Waals surface area contributed by atoms with Crippen molar-refractivity contribution in [3.8, 4) is 0 Å². The summed E-state index contributed by atoms with van der Waals surface area (Å²) < 4.78 is 33.5. The molecule has 0 aliphatic heterocycles. The summed E-state index contributed by atoms with van der Waals surface area (Å²) in [5.41, 5.74) is 0. The van der Waals surface area contributed by atoms with Crippen molar-refractivity contribution in [3.63, 3.8) is 0 Å². The van der Waals surface area contributed by atoms with Gasteiger partial charge in [-0.15, -0.1) is 0 Å². The minimum absolute atomic E-state index is 0.0404. The predicted molar refractivity (Wildman–Crippen MR) is 260 cm³/mol. The maximum atomic E-state index is 12.7. The van der Waals surface area contributed by atoms with Crippen LogP contribution in [-0.2, 0) is 27.9 Å². The second-order valence-electron chi connectivity index (χ2n) is 16.4. The summed E-state index contributed by atoms with van der Waals surface area (Å²) in [7, 11) is -4.53. The van der Waals surface area contributed by atoms with Gasteiger partial charge in [-0.1, -0.05) is 189 Å². The second kappa shape index (κ2) is 48.4. The molecule has 0 aromatic carbocycles. The summed E-state index contributed by atoms with van der Waals surface area (Å²) >= 11 is 0. The molecule has 0 aliphatic carbocycles. The highest BCUT2D eigenvalue weighted by Gasteiger charge is 2.26. The molecule has 3 atom stereocenters. The molecule has 0 saturated heterocycles. The van der Waals surface area contributed by atoms with E-state index in [0.717, 1.165) is 89.9 Å². The largest absolute Gasteiger partial charge is 0.472 e. The Morgan fingerprint density at radius 3 is 1.39 bits per heavy atom. The van der Waals surface area contributed by atoms with E-state index in [1.54, 1.807) is 0 Å². The van der Waals surface area contributed by atoms with E-state index in [4.69, 9.17) is 23.6 Å². The van der Waals surface area contributed by atoms with Gasteiger partial charge in [0.2, 0.25) is 0 Å². The van der Waals surface area contributed by atoms with Crippen molar-refractivity contribution >= 4 is 13.8 Å².